The van der Waals surface area contributed by atoms with Crippen LogP contribution in [0.5, 0.6) is 17.4 Å². The number of hydrogen-bond acceptors (Lipinski definition) is 4. The summed E-state index contributed by atoms with van der Waals surface area (Å²) < 4.78 is 10.9. The Morgan fingerprint density at radius 3 is 2.56 bits per heavy atom. The van der Waals surface area contributed by atoms with E-state index in [-0.39, 0.29) is 6.04 Å². The Bertz CT molecular complexity index is 527. The van der Waals surface area contributed by atoms with E-state index < -0.39 is 0 Å². The molecule has 0 spiro atoms. The average Bonchev–Trinajstić information content (AvgIpc) is 2.39. The fraction of sp³-hybridized carbons (Fsp3) is 0.214. The van der Waals surface area contributed by atoms with Crippen molar-refractivity contribution < 1.29 is 9.47 Å². The standard InChI is InChI=1S/C14H16N2O2/c1-10(15)11-7-8-16-14(9-11)18-13-6-4-3-5-12(13)17-2/h3-10H,15H2,1-2H3/t10-/m1/s1. The van der Waals surface area contributed by atoms with Crippen LogP contribution in [-0.4, -0.2) is 12.1 Å². The fourth-order valence-electron chi connectivity index (χ4n) is 1.58. The van der Waals surface area contributed by atoms with Crippen LogP contribution in [0.3, 0.4) is 0 Å². The third-order valence-electron chi connectivity index (χ3n) is 2.57. The normalized spacial score (nSPS) is 11.9. The quantitative estimate of drug-likeness (QED) is 0.898. The van der Waals surface area contributed by atoms with Crippen LogP contribution in [-0.2, 0) is 0 Å². The highest BCUT2D eigenvalue weighted by Crippen LogP contribution is 2.30. The third-order valence-corrected chi connectivity index (χ3v) is 2.57. The number of nitrogens with zero attached hydrogens (tertiary/aromatic N) is 1. The highest BCUT2D eigenvalue weighted by Gasteiger charge is 2.07. The van der Waals surface area contributed by atoms with E-state index >= 15 is 0 Å². The summed E-state index contributed by atoms with van der Waals surface area (Å²) in [6, 6.07) is 11.1. The number of hydrogen-bond donors (Lipinski definition) is 1. The topological polar surface area (TPSA) is 57.4 Å². The number of ether oxygens (including phenoxy) is 2. The number of aromatic nitrogens is 1. The molecule has 1 aromatic carbocycles. The second-order valence-electron chi connectivity index (χ2n) is 3.97. The minimum atomic E-state index is -0.0481. The van der Waals surface area contributed by atoms with E-state index in [4.69, 9.17) is 15.2 Å². The zero-order chi connectivity index (χ0) is 13.0. The number of benzene rings is 1. The summed E-state index contributed by atoms with van der Waals surface area (Å²) in [5, 5.41) is 0. The first-order valence-electron chi connectivity index (χ1n) is 5.73. The van der Waals surface area contributed by atoms with Gasteiger partial charge in [-0.3, -0.25) is 0 Å². The Labute approximate surface area is 106 Å². The largest absolute Gasteiger partial charge is 0.493 e. The van der Waals surface area contributed by atoms with Gasteiger partial charge in [0.2, 0.25) is 5.88 Å². The molecule has 2 N–H and O–H groups in total. The van der Waals surface area contributed by atoms with Crippen LogP contribution in [0.15, 0.2) is 42.6 Å². The van der Waals surface area contributed by atoms with E-state index in [2.05, 4.69) is 4.98 Å². The first-order valence-corrected chi connectivity index (χ1v) is 5.73. The van der Waals surface area contributed by atoms with Crippen molar-refractivity contribution in [2.45, 2.75) is 13.0 Å². The van der Waals surface area contributed by atoms with Gasteiger partial charge >= 0.3 is 0 Å². The summed E-state index contributed by atoms with van der Waals surface area (Å²) in [5.74, 6) is 1.81. The lowest BCUT2D eigenvalue weighted by Gasteiger charge is -2.11. The number of pyridine rings is 1. The lowest BCUT2D eigenvalue weighted by molar-refractivity contribution is 0.374. The SMILES string of the molecule is COc1ccccc1Oc1cc([C@@H](C)N)ccn1. The van der Waals surface area contributed by atoms with E-state index in [1.165, 1.54) is 0 Å². The van der Waals surface area contributed by atoms with E-state index in [1.807, 2.05) is 43.3 Å². The third kappa shape index (κ3) is 2.78. The molecule has 2 rings (SSSR count). The molecule has 0 radical (unpaired) electrons. The van der Waals surface area contributed by atoms with Crippen LogP contribution in [0.2, 0.25) is 0 Å². The molecular weight excluding hydrogens is 228 g/mol. The summed E-state index contributed by atoms with van der Waals surface area (Å²) in [5.41, 5.74) is 6.81. The molecule has 0 bridgehead atoms. The van der Waals surface area contributed by atoms with E-state index in [0.29, 0.717) is 17.4 Å². The Morgan fingerprint density at radius 1 is 1.17 bits per heavy atom. The summed E-state index contributed by atoms with van der Waals surface area (Å²) >= 11 is 0. The maximum Gasteiger partial charge on any atom is 0.219 e. The molecule has 0 fully saturated rings. The highest BCUT2D eigenvalue weighted by molar-refractivity contribution is 5.41. The lowest BCUT2D eigenvalue weighted by Crippen LogP contribution is -2.05. The smallest absolute Gasteiger partial charge is 0.219 e. The van der Waals surface area contributed by atoms with Crippen molar-refractivity contribution in [2.75, 3.05) is 7.11 Å². The second-order valence-corrected chi connectivity index (χ2v) is 3.97. The lowest BCUT2D eigenvalue weighted by atomic mass is 10.1. The molecule has 0 saturated carbocycles. The molecule has 0 unspecified atom stereocenters. The number of rotatable bonds is 4. The van der Waals surface area contributed by atoms with Gasteiger partial charge in [0.25, 0.3) is 0 Å². The molecule has 1 atom stereocenters. The maximum absolute atomic E-state index is 5.82. The van der Waals surface area contributed by atoms with Crippen molar-refractivity contribution >= 4 is 0 Å². The van der Waals surface area contributed by atoms with Crippen LogP contribution in [0.25, 0.3) is 0 Å². The molecule has 18 heavy (non-hydrogen) atoms. The second kappa shape index (κ2) is 5.51. The van der Waals surface area contributed by atoms with Gasteiger partial charge in [-0.1, -0.05) is 12.1 Å². The first kappa shape index (κ1) is 12.4. The van der Waals surface area contributed by atoms with Crippen molar-refractivity contribution in [3.8, 4) is 17.4 Å². The van der Waals surface area contributed by atoms with Gasteiger partial charge in [0.1, 0.15) is 0 Å². The Balaban J connectivity index is 2.25. The minimum absolute atomic E-state index is 0.0481. The van der Waals surface area contributed by atoms with Gasteiger partial charge in [0.15, 0.2) is 11.5 Å². The molecule has 0 saturated heterocycles. The van der Waals surface area contributed by atoms with Gasteiger partial charge in [0, 0.05) is 18.3 Å². The summed E-state index contributed by atoms with van der Waals surface area (Å²) in [4.78, 5) is 4.16. The van der Waals surface area contributed by atoms with Crippen LogP contribution < -0.4 is 15.2 Å². The van der Waals surface area contributed by atoms with Gasteiger partial charge in [-0.2, -0.15) is 0 Å². The van der Waals surface area contributed by atoms with E-state index in [1.54, 1.807) is 13.3 Å². The molecule has 1 aromatic heterocycles. The highest BCUT2D eigenvalue weighted by atomic mass is 16.5. The average molecular weight is 244 g/mol. The molecule has 0 aliphatic carbocycles. The molecule has 0 aliphatic heterocycles. The molecule has 94 valence electrons. The summed E-state index contributed by atoms with van der Waals surface area (Å²) in [7, 11) is 1.61. The van der Waals surface area contributed by atoms with Crippen molar-refractivity contribution in [3.63, 3.8) is 0 Å². The summed E-state index contributed by atoms with van der Waals surface area (Å²) in [6.07, 6.45) is 1.68. The molecule has 0 amide bonds. The Morgan fingerprint density at radius 2 is 1.89 bits per heavy atom. The van der Waals surface area contributed by atoms with Gasteiger partial charge in [-0.05, 0) is 30.7 Å². The number of nitrogens with two attached hydrogens (primary N) is 1. The minimum Gasteiger partial charge on any atom is -0.493 e. The van der Waals surface area contributed by atoms with Gasteiger partial charge in [-0.25, -0.2) is 4.98 Å². The van der Waals surface area contributed by atoms with Crippen LogP contribution in [0, 0.1) is 0 Å². The van der Waals surface area contributed by atoms with Crippen molar-refractivity contribution in [2.24, 2.45) is 5.73 Å². The number of methoxy groups -OCH3 is 1. The van der Waals surface area contributed by atoms with Crippen LogP contribution in [0.1, 0.15) is 18.5 Å². The Kier molecular flexibility index (Phi) is 3.79. The van der Waals surface area contributed by atoms with Crippen molar-refractivity contribution in [1.82, 2.24) is 4.98 Å². The van der Waals surface area contributed by atoms with Crippen molar-refractivity contribution in [3.05, 3.63) is 48.2 Å². The maximum atomic E-state index is 5.82. The van der Waals surface area contributed by atoms with Gasteiger partial charge in [0.05, 0.1) is 7.11 Å². The molecular formula is C14H16N2O2. The number of para-hydroxylation sites is 2. The zero-order valence-electron chi connectivity index (χ0n) is 10.5. The van der Waals surface area contributed by atoms with Crippen LogP contribution >= 0.6 is 0 Å². The van der Waals surface area contributed by atoms with Crippen molar-refractivity contribution in [1.29, 1.82) is 0 Å². The molecule has 1 heterocycles. The predicted molar refractivity (Wildman–Crippen MR) is 69.9 cm³/mol. The molecule has 4 nitrogen and oxygen atoms in total. The van der Waals surface area contributed by atoms with Gasteiger partial charge in [-0.15, -0.1) is 0 Å². The van der Waals surface area contributed by atoms with E-state index in [9.17, 15) is 0 Å². The molecule has 0 aliphatic rings. The van der Waals surface area contributed by atoms with Crippen LogP contribution in [0.4, 0.5) is 0 Å². The predicted octanol–water partition coefficient (Wildman–Crippen LogP) is 2.90. The first-order chi connectivity index (χ1) is 8.70. The molecule has 4 heteroatoms. The fourth-order valence-corrected chi connectivity index (χ4v) is 1.58. The van der Waals surface area contributed by atoms with Gasteiger partial charge < -0.3 is 15.2 Å². The molecule has 2 aromatic rings. The zero-order valence-corrected chi connectivity index (χ0v) is 10.5. The summed E-state index contributed by atoms with van der Waals surface area (Å²) in [6.45, 7) is 1.92. The Hall–Kier alpha value is -2.07. The van der Waals surface area contributed by atoms with E-state index in [0.717, 1.165) is 5.56 Å². The monoisotopic (exact) mass is 244 g/mol.